The Bertz CT molecular complexity index is 1160. The Labute approximate surface area is 164 Å². The Morgan fingerprint density at radius 3 is 2.32 bits per heavy atom. The van der Waals surface area contributed by atoms with Crippen molar-refractivity contribution in [2.45, 2.75) is 33.6 Å². The Hall–Kier alpha value is -3.52. The van der Waals surface area contributed by atoms with Crippen molar-refractivity contribution in [3.05, 3.63) is 81.2 Å². The number of ether oxygens (including phenoxy) is 1. The number of aromatic nitrogens is 2. The SMILES string of the molecule is Cc1ccc(-c2[nH]nc3c2[C@@H](c2ccc(C)c(C)c2)C(C#N)=C(N)O3)cc1C. The van der Waals surface area contributed by atoms with Crippen LogP contribution in [0.5, 0.6) is 5.88 Å². The van der Waals surface area contributed by atoms with Crippen LogP contribution >= 0.6 is 0 Å². The third-order valence-electron chi connectivity index (χ3n) is 5.60. The molecule has 3 aromatic rings. The molecule has 0 bridgehead atoms. The molecule has 2 aromatic carbocycles. The van der Waals surface area contributed by atoms with Crippen molar-refractivity contribution in [1.82, 2.24) is 10.2 Å². The van der Waals surface area contributed by atoms with Crippen LogP contribution in [0.1, 0.15) is 39.3 Å². The van der Waals surface area contributed by atoms with Crippen LogP contribution in [-0.4, -0.2) is 10.2 Å². The van der Waals surface area contributed by atoms with E-state index >= 15 is 0 Å². The molecule has 28 heavy (non-hydrogen) atoms. The van der Waals surface area contributed by atoms with Crippen molar-refractivity contribution >= 4 is 0 Å². The third-order valence-corrected chi connectivity index (χ3v) is 5.60. The number of nitriles is 1. The van der Waals surface area contributed by atoms with Crippen LogP contribution in [0.2, 0.25) is 0 Å². The maximum Gasteiger partial charge on any atom is 0.244 e. The average Bonchev–Trinajstić information content (AvgIpc) is 3.08. The molecule has 0 spiro atoms. The molecule has 1 atom stereocenters. The first kappa shape index (κ1) is 17.9. The van der Waals surface area contributed by atoms with E-state index in [9.17, 15) is 5.26 Å². The second kappa shape index (κ2) is 6.58. The van der Waals surface area contributed by atoms with Crippen molar-refractivity contribution in [3.8, 4) is 23.2 Å². The maximum atomic E-state index is 9.82. The van der Waals surface area contributed by atoms with E-state index in [0.29, 0.717) is 11.5 Å². The lowest BCUT2D eigenvalue weighted by molar-refractivity contribution is 0.379. The van der Waals surface area contributed by atoms with Crippen molar-refractivity contribution in [1.29, 1.82) is 5.26 Å². The fourth-order valence-electron chi connectivity index (χ4n) is 3.64. The lowest BCUT2D eigenvalue weighted by atomic mass is 9.82. The number of hydrogen-bond donors (Lipinski definition) is 2. The fourth-order valence-corrected chi connectivity index (χ4v) is 3.64. The van der Waals surface area contributed by atoms with E-state index in [1.165, 1.54) is 16.7 Å². The van der Waals surface area contributed by atoms with E-state index < -0.39 is 0 Å². The molecule has 0 amide bonds. The maximum absolute atomic E-state index is 9.82. The Kier molecular flexibility index (Phi) is 4.20. The zero-order chi connectivity index (χ0) is 20.0. The summed E-state index contributed by atoms with van der Waals surface area (Å²) in [5.41, 5.74) is 15.0. The molecule has 2 heterocycles. The topological polar surface area (TPSA) is 87.7 Å². The van der Waals surface area contributed by atoms with Gasteiger partial charge in [-0.15, -0.1) is 5.10 Å². The molecular formula is C23H22N4O. The number of nitrogens with zero attached hydrogens (tertiary/aromatic N) is 2. The molecule has 140 valence electrons. The van der Waals surface area contributed by atoms with Gasteiger partial charge in [0.05, 0.1) is 17.2 Å². The van der Waals surface area contributed by atoms with Crippen molar-refractivity contribution in [3.63, 3.8) is 0 Å². The van der Waals surface area contributed by atoms with Crippen LogP contribution in [0.25, 0.3) is 11.3 Å². The van der Waals surface area contributed by atoms with Crippen molar-refractivity contribution < 1.29 is 4.74 Å². The van der Waals surface area contributed by atoms with Gasteiger partial charge in [-0.1, -0.05) is 30.3 Å². The molecule has 1 aromatic heterocycles. The van der Waals surface area contributed by atoms with Gasteiger partial charge in [-0.25, -0.2) is 0 Å². The number of benzene rings is 2. The highest BCUT2D eigenvalue weighted by Crippen LogP contribution is 2.45. The molecule has 0 saturated heterocycles. The number of nitrogens with one attached hydrogen (secondary N) is 1. The van der Waals surface area contributed by atoms with Crippen LogP contribution in [0.15, 0.2) is 47.9 Å². The van der Waals surface area contributed by atoms with E-state index in [0.717, 1.165) is 27.9 Å². The quantitative estimate of drug-likeness (QED) is 0.694. The van der Waals surface area contributed by atoms with E-state index in [1.807, 2.05) is 6.07 Å². The van der Waals surface area contributed by atoms with Crippen LogP contribution in [0.3, 0.4) is 0 Å². The summed E-state index contributed by atoms with van der Waals surface area (Å²) >= 11 is 0. The summed E-state index contributed by atoms with van der Waals surface area (Å²) in [6.07, 6.45) is 0. The molecule has 0 saturated carbocycles. The van der Waals surface area contributed by atoms with Crippen LogP contribution in [0.4, 0.5) is 0 Å². The van der Waals surface area contributed by atoms with E-state index in [-0.39, 0.29) is 11.8 Å². The molecule has 4 rings (SSSR count). The number of H-pyrrole nitrogens is 1. The smallest absolute Gasteiger partial charge is 0.244 e. The molecule has 1 aliphatic heterocycles. The zero-order valence-electron chi connectivity index (χ0n) is 16.4. The number of rotatable bonds is 2. The first-order chi connectivity index (χ1) is 13.4. The minimum atomic E-state index is -0.330. The van der Waals surface area contributed by atoms with E-state index in [4.69, 9.17) is 10.5 Å². The first-order valence-corrected chi connectivity index (χ1v) is 9.21. The van der Waals surface area contributed by atoms with Gasteiger partial charge in [0.15, 0.2) is 0 Å². The summed E-state index contributed by atoms with van der Waals surface area (Å²) in [5, 5.41) is 17.3. The molecule has 0 radical (unpaired) electrons. The minimum Gasteiger partial charge on any atom is -0.420 e. The Morgan fingerprint density at radius 2 is 1.68 bits per heavy atom. The number of fused-ring (bicyclic) bond motifs is 1. The van der Waals surface area contributed by atoms with Gasteiger partial charge in [0, 0.05) is 5.56 Å². The fraction of sp³-hybridized carbons (Fsp3) is 0.217. The number of aromatic amines is 1. The number of aryl methyl sites for hydroxylation is 4. The van der Waals surface area contributed by atoms with Crippen molar-refractivity contribution in [2.24, 2.45) is 5.73 Å². The summed E-state index contributed by atoms with van der Waals surface area (Å²) in [7, 11) is 0. The van der Waals surface area contributed by atoms with Gasteiger partial charge < -0.3 is 10.5 Å². The molecule has 0 fully saturated rings. The second-order valence-electron chi connectivity index (χ2n) is 7.38. The monoisotopic (exact) mass is 370 g/mol. The minimum absolute atomic E-state index is 0.108. The van der Waals surface area contributed by atoms with Crippen LogP contribution < -0.4 is 10.5 Å². The van der Waals surface area contributed by atoms with E-state index in [1.54, 1.807) is 0 Å². The summed E-state index contributed by atoms with van der Waals surface area (Å²) in [6.45, 7) is 8.30. The lowest BCUT2D eigenvalue weighted by Gasteiger charge is -2.24. The standard InChI is InChI=1S/C23H22N4O/c1-12-5-7-16(9-14(12)3)19-18(11-24)22(25)28-23-20(19)21(26-27-23)17-8-6-13(2)15(4)10-17/h5-10,19H,25H2,1-4H3,(H,26,27)/t19-/m0/s1. The van der Waals surface area contributed by atoms with Gasteiger partial charge in [-0.2, -0.15) is 5.26 Å². The largest absolute Gasteiger partial charge is 0.420 e. The zero-order valence-corrected chi connectivity index (χ0v) is 16.4. The number of hydrogen-bond acceptors (Lipinski definition) is 4. The number of allylic oxidation sites excluding steroid dienone is 1. The average molecular weight is 370 g/mol. The van der Waals surface area contributed by atoms with Gasteiger partial charge in [-0.3, -0.25) is 5.10 Å². The summed E-state index contributed by atoms with van der Waals surface area (Å²) in [6, 6.07) is 14.7. The highest BCUT2D eigenvalue weighted by atomic mass is 16.5. The third kappa shape index (κ3) is 2.74. The van der Waals surface area contributed by atoms with Gasteiger partial charge in [0.1, 0.15) is 11.6 Å². The first-order valence-electron chi connectivity index (χ1n) is 9.21. The van der Waals surface area contributed by atoms with Crippen molar-refractivity contribution in [2.75, 3.05) is 0 Å². The molecule has 0 aliphatic carbocycles. The van der Waals surface area contributed by atoms with Crippen LogP contribution in [-0.2, 0) is 0 Å². The highest BCUT2D eigenvalue weighted by molar-refractivity contribution is 5.71. The molecule has 3 N–H and O–H groups in total. The lowest BCUT2D eigenvalue weighted by Crippen LogP contribution is -2.21. The Balaban J connectivity index is 1.96. The van der Waals surface area contributed by atoms with Gasteiger partial charge in [0.25, 0.3) is 0 Å². The predicted octanol–water partition coefficient (Wildman–Crippen LogP) is 4.53. The van der Waals surface area contributed by atoms with Gasteiger partial charge in [0.2, 0.25) is 11.8 Å². The molecule has 1 aliphatic rings. The van der Waals surface area contributed by atoms with Gasteiger partial charge >= 0.3 is 0 Å². The van der Waals surface area contributed by atoms with E-state index in [2.05, 4.69) is 74.3 Å². The second-order valence-corrected chi connectivity index (χ2v) is 7.38. The molecular weight excluding hydrogens is 348 g/mol. The molecule has 5 nitrogen and oxygen atoms in total. The summed E-state index contributed by atoms with van der Waals surface area (Å²) in [5.74, 6) is 0.202. The normalized spacial score (nSPS) is 15.8. The molecule has 5 heteroatoms. The summed E-state index contributed by atoms with van der Waals surface area (Å²) in [4.78, 5) is 0. The van der Waals surface area contributed by atoms with Crippen LogP contribution in [0, 0.1) is 39.0 Å². The molecule has 0 unspecified atom stereocenters. The highest BCUT2D eigenvalue weighted by Gasteiger charge is 2.35. The van der Waals surface area contributed by atoms with Gasteiger partial charge in [-0.05, 0) is 61.6 Å². The predicted molar refractivity (Wildman–Crippen MR) is 109 cm³/mol. The number of nitrogens with two attached hydrogens (primary N) is 1. The Morgan fingerprint density at radius 1 is 1.00 bits per heavy atom. The summed E-state index contributed by atoms with van der Waals surface area (Å²) < 4.78 is 5.69.